The molecule has 0 amide bonds. The van der Waals surface area contributed by atoms with E-state index in [2.05, 4.69) is 170 Å². The van der Waals surface area contributed by atoms with E-state index in [1.165, 1.54) is 60.1 Å². The van der Waals surface area contributed by atoms with Gasteiger partial charge in [0.05, 0.1) is 0 Å². The van der Waals surface area contributed by atoms with Crippen LogP contribution in [0.1, 0.15) is 29.2 Å². The Labute approximate surface area is 266 Å². The lowest BCUT2D eigenvalue weighted by atomic mass is 9.64. The number of aryl methyl sites for hydroxylation is 2. The molecular weight excluding hydrogens is 542 g/mol. The number of hydrogen-bond donors (Lipinski definition) is 0. The molecule has 0 bridgehead atoms. The summed E-state index contributed by atoms with van der Waals surface area (Å²) < 4.78 is 2.43. The highest BCUT2D eigenvalue weighted by molar-refractivity contribution is 6.10. The van der Waals surface area contributed by atoms with Crippen molar-refractivity contribution in [2.24, 2.45) is 0 Å². The van der Waals surface area contributed by atoms with Crippen LogP contribution in [0.3, 0.4) is 0 Å². The second-order valence-electron chi connectivity index (χ2n) is 12.2. The van der Waals surface area contributed by atoms with Crippen LogP contribution in [0, 0.1) is 6.92 Å². The second-order valence-corrected chi connectivity index (χ2v) is 12.2. The van der Waals surface area contributed by atoms with Crippen molar-refractivity contribution in [1.29, 1.82) is 0 Å². The fourth-order valence-electron chi connectivity index (χ4n) is 7.50. The SMILES string of the molecule is C=C(/C=C/C=c1\c2cccc3cccc(c32)n1CC)C(Cc1ccccc1)(Cc1ccccc1)c1c(C)ccc2ccccc12. The standard InChI is InChI=1S/C44H39N/c1-4-45-40(39-25-14-22-37-23-15-27-41(45)42(37)39)26-13-16-33(3)44(30-34-17-7-5-8-18-34,31-35-19-9-6-10-20-35)43-32(2)28-29-36-21-11-12-24-38(36)43/h5-29H,3-4,30-31H2,1-2H3/b16-13+,40-26+. The first-order valence-electron chi connectivity index (χ1n) is 16.0. The molecule has 1 heteroatoms. The van der Waals surface area contributed by atoms with Gasteiger partial charge < -0.3 is 4.57 Å². The molecule has 45 heavy (non-hydrogen) atoms. The molecule has 0 aliphatic rings. The van der Waals surface area contributed by atoms with Gasteiger partial charge in [-0.25, -0.2) is 0 Å². The third-order valence-corrected chi connectivity index (χ3v) is 9.54. The molecular formula is C44H39N. The average molecular weight is 582 g/mol. The van der Waals surface area contributed by atoms with E-state index in [1.807, 2.05) is 0 Å². The normalized spacial score (nSPS) is 12.6. The lowest BCUT2D eigenvalue weighted by Gasteiger charge is -2.38. The van der Waals surface area contributed by atoms with Gasteiger partial charge in [-0.1, -0.05) is 146 Å². The van der Waals surface area contributed by atoms with Crippen molar-refractivity contribution in [3.05, 3.63) is 185 Å². The van der Waals surface area contributed by atoms with Gasteiger partial charge in [0.25, 0.3) is 0 Å². The van der Waals surface area contributed by atoms with E-state index in [1.54, 1.807) is 0 Å². The summed E-state index contributed by atoms with van der Waals surface area (Å²) in [7, 11) is 0. The quantitative estimate of drug-likeness (QED) is 0.150. The molecule has 0 saturated heterocycles. The summed E-state index contributed by atoms with van der Waals surface area (Å²) in [5, 5.41) is 7.73. The van der Waals surface area contributed by atoms with Gasteiger partial charge in [0, 0.05) is 33.6 Å². The van der Waals surface area contributed by atoms with Crippen LogP contribution >= 0.6 is 0 Å². The van der Waals surface area contributed by atoms with Crippen molar-refractivity contribution in [2.75, 3.05) is 0 Å². The smallest absolute Gasteiger partial charge is 0.0497 e. The molecule has 1 nitrogen and oxygen atoms in total. The Morgan fingerprint density at radius 1 is 0.667 bits per heavy atom. The Hall–Kier alpha value is -5.14. The first-order chi connectivity index (χ1) is 22.1. The number of hydrogen-bond acceptors (Lipinski definition) is 0. The summed E-state index contributed by atoms with van der Waals surface area (Å²) in [6.45, 7) is 10.3. The zero-order valence-electron chi connectivity index (χ0n) is 26.2. The first kappa shape index (κ1) is 28.6. The molecule has 0 N–H and O–H groups in total. The molecule has 0 aliphatic carbocycles. The van der Waals surface area contributed by atoms with Crippen LogP contribution < -0.4 is 5.35 Å². The van der Waals surface area contributed by atoms with Crippen molar-refractivity contribution in [1.82, 2.24) is 4.57 Å². The predicted molar refractivity (Wildman–Crippen MR) is 194 cm³/mol. The minimum absolute atomic E-state index is 0.369. The summed E-state index contributed by atoms with van der Waals surface area (Å²) in [5.74, 6) is 0. The molecule has 0 unspecified atom stereocenters. The maximum atomic E-state index is 4.90. The summed E-state index contributed by atoms with van der Waals surface area (Å²) in [6, 6.07) is 48.5. The lowest BCUT2D eigenvalue weighted by molar-refractivity contribution is 0.508. The maximum Gasteiger partial charge on any atom is 0.0497 e. The van der Waals surface area contributed by atoms with Gasteiger partial charge in [0.1, 0.15) is 0 Å². The molecule has 220 valence electrons. The monoisotopic (exact) mass is 581 g/mol. The Morgan fingerprint density at radius 2 is 1.27 bits per heavy atom. The summed E-state index contributed by atoms with van der Waals surface area (Å²) >= 11 is 0. The predicted octanol–water partition coefficient (Wildman–Crippen LogP) is 10.3. The molecule has 1 heterocycles. The van der Waals surface area contributed by atoms with Crippen molar-refractivity contribution >= 4 is 38.5 Å². The van der Waals surface area contributed by atoms with Gasteiger partial charge in [-0.2, -0.15) is 0 Å². The van der Waals surface area contributed by atoms with Crippen LogP contribution in [0.5, 0.6) is 0 Å². The van der Waals surface area contributed by atoms with Gasteiger partial charge in [-0.05, 0) is 82.8 Å². The van der Waals surface area contributed by atoms with Crippen molar-refractivity contribution in [3.63, 3.8) is 0 Å². The first-order valence-corrected chi connectivity index (χ1v) is 16.0. The molecule has 7 aromatic rings. The molecule has 0 aliphatic heterocycles. The number of allylic oxidation sites excluding steroid dienone is 3. The highest BCUT2D eigenvalue weighted by Crippen LogP contribution is 2.44. The fourth-order valence-corrected chi connectivity index (χ4v) is 7.50. The van der Waals surface area contributed by atoms with E-state index in [0.29, 0.717) is 0 Å². The number of aromatic nitrogens is 1. The third-order valence-electron chi connectivity index (χ3n) is 9.54. The molecule has 0 atom stereocenters. The number of benzene rings is 6. The number of rotatable bonds is 9. The van der Waals surface area contributed by atoms with Gasteiger partial charge in [0.15, 0.2) is 0 Å². The van der Waals surface area contributed by atoms with Crippen molar-refractivity contribution in [2.45, 2.75) is 38.6 Å². The van der Waals surface area contributed by atoms with Crippen LogP contribution in [0.15, 0.2) is 158 Å². The maximum absolute atomic E-state index is 4.90. The van der Waals surface area contributed by atoms with Crippen LogP contribution in [0.2, 0.25) is 0 Å². The zero-order chi connectivity index (χ0) is 30.8. The molecule has 6 aromatic carbocycles. The van der Waals surface area contributed by atoms with E-state index in [-0.39, 0.29) is 5.41 Å². The Balaban J connectivity index is 1.44. The minimum Gasteiger partial charge on any atom is -0.341 e. The molecule has 0 saturated carbocycles. The van der Waals surface area contributed by atoms with E-state index in [9.17, 15) is 0 Å². The topological polar surface area (TPSA) is 4.93 Å². The molecule has 7 rings (SSSR count). The largest absolute Gasteiger partial charge is 0.341 e. The van der Waals surface area contributed by atoms with Gasteiger partial charge in [-0.3, -0.25) is 0 Å². The lowest BCUT2D eigenvalue weighted by Crippen LogP contribution is -2.34. The van der Waals surface area contributed by atoms with Gasteiger partial charge >= 0.3 is 0 Å². The van der Waals surface area contributed by atoms with Crippen LogP contribution in [0.4, 0.5) is 0 Å². The number of nitrogens with zero attached hydrogens (tertiary/aromatic N) is 1. The van der Waals surface area contributed by atoms with Crippen molar-refractivity contribution in [3.8, 4) is 0 Å². The van der Waals surface area contributed by atoms with Gasteiger partial charge in [-0.15, -0.1) is 0 Å². The zero-order valence-corrected chi connectivity index (χ0v) is 26.2. The Bertz CT molecular complexity index is 2170. The Kier molecular flexibility index (Phi) is 7.69. The van der Waals surface area contributed by atoms with Gasteiger partial charge in [0.2, 0.25) is 0 Å². The average Bonchev–Trinajstić information content (AvgIpc) is 3.39. The van der Waals surface area contributed by atoms with Crippen LogP contribution in [-0.2, 0) is 24.8 Å². The van der Waals surface area contributed by atoms with E-state index < -0.39 is 0 Å². The van der Waals surface area contributed by atoms with Crippen molar-refractivity contribution < 1.29 is 0 Å². The Morgan fingerprint density at radius 3 is 1.96 bits per heavy atom. The van der Waals surface area contributed by atoms with Crippen LogP contribution in [0.25, 0.3) is 38.5 Å². The highest BCUT2D eigenvalue weighted by atomic mass is 15.0. The molecule has 0 spiro atoms. The van der Waals surface area contributed by atoms with E-state index in [0.717, 1.165) is 25.0 Å². The summed E-state index contributed by atoms with van der Waals surface area (Å²) in [6.07, 6.45) is 8.49. The minimum atomic E-state index is -0.369. The van der Waals surface area contributed by atoms with E-state index >= 15 is 0 Å². The molecule has 0 fully saturated rings. The summed E-state index contributed by atoms with van der Waals surface area (Å²) in [4.78, 5) is 0. The van der Waals surface area contributed by atoms with E-state index in [4.69, 9.17) is 6.58 Å². The molecule has 1 aromatic heterocycles. The highest BCUT2D eigenvalue weighted by Gasteiger charge is 2.37. The number of fused-ring (bicyclic) bond motifs is 1. The second kappa shape index (κ2) is 12.1. The summed E-state index contributed by atoms with van der Waals surface area (Å²) in [5.41, 5.74) is 7.31. The fraction of sp³-hybridized carbons (Fsp3) is 0.136. The molecule has 0 radical (unpaired) electrons. The van der Waals surface area contributed by atoms with Crippen LogP contribution in [-0.4, -0.2) is 4.57 Å². The third kappa shape index (κ3) is 5.19.